The van der Waals surface area contributed by atoms with Crippen molar-refractivity contribution >= 4 is 11.4 Å². The summed E-state index contributed by atoms with van der Waals surface area (Å²) in [6.07, 6.45) is 21.2. The minimum Gasteiger partial charge on any atom is -0.750 e. The van der Waals surface area contributed by atoms with E-state index < -0.39 is 11.4 Å². The molecule has 0 fully saturated rings. The molecule has 0 N–H and O–H groups in total. The van der Waals surface area contributed by atoms with Crippen molar-refractivity contribution in [2.24, 2.45) is 0 Å². The van der Waals surface area contributed by atoms with Crippen molar-refractivity contribution in [2.75, 3.05) is 6.61 Å². The topological polar surface area (TPSA) is 49.4 Å². The maximum atomic E-state index is 10.1. The van der Waals surface area contributed by atoms with Crippen LogP contribution >= 0.6 is 0 Å². The summed E-state index contributed by atoms with van der Waals surface area (Å²) in [7, 11) is 0. The molecule has 0 rings (SSSR count). The van der Waals surface area contributed by atoms with Crippen molar-refractivity contribution in [3.05, 3.63) is 0 Å². The summed E-state index contributed by atoms with van der Waals surface area (Å²) in [6.45, 7) is 2.61. The normalized spacial score (nSPS) is 12.1. The largest absolute Gasteiger partial charge is 1.00 e. The number of hydrogen-bond donors (Lipinski definition) is 0. The molecule has 1 atom stereocenters. The summed E-state index contributed by atoms with van der Waals surface area (Å²) in [5.41, 5.74) is 0. The molecular formula is C18H37KO3S. The molecule has 0 heterocycles. The van der Waals surface area contributed by atoms with Gasteiger partial charge in [0, 0.05) is 0 Å². The Labute approximate surface area is 190 Å². The average Bonchev–Trinajstić information content (AvgIpc) is 2.50. The second-order valence-corrected chi connectivity index (χ2v) is 6.97. The number of rotatable bonds is 18. The van der Waals surface area contributed by atoms with Crippen LogP contribution in [-0.2, 0) is 15.5 Å². The Balaban J connectivity index is 0. The Morgan fingerprint density at radius 2 is 0.957 bits per heavy atom. The first kappa shape index (κ1) is 26.9. The zero-order valence-corrected chi connectivity index (χ0v) is 19.6. The van der Waals surface area contributed by atoms with E-state index in [1.165, 1.54) is 89.9 Å². The predicted molar refractivity (Wildman–Crippen MR) is 94.4 cm³/mol. The standard InChI is InChI=1S/C18H38O3S.K/c1-2-3-4-5-6-7-8-9-10-11-12-13-14-15-16-17-18-21-22(19)20;/h2-18H2,1H3,(H,19,20);/q;+1/p-1. The summed E-state index contributed by atoms with van der Waals surface area (Å²) in [5, 5.41) is 0. The van der Waals surface area contributed by atoms with E-state index in [-0.39, 0.29) is 51.4 Å². The summed E-state index contributed by atoms with van der Waals surface area (Å²) in [6, 6.07) is 0. The third-order valence-electron chi connectivity index (χ3n) is 4.18. The fraction of sp³-hybridized carbons (Fsp3) is 1.00. The summed E-state index contributed by atoms with van der Waals surface area (Å²) in [4.78, 5) is 0. The Morgan fingerprint density at radius 3 is 1.26 bits per heavy atom. The fourth-order valence-corrected chi connectivity index (χ4v) is 3.03. The Hall–Kier alpha value is 1.71. The minimum absolute atomic E-state index is 0. The van der Waals surface area contributed by atoms with Crippen LogP contribution in [0.25, 0.3) is 0 Å². The molecule has 134 valence electrons. The SMILES string of the molecule is CCCCCCCCCCCCCCCCCCOS(=O)[O-].[K+]. The van der Waals surface area contributed by atoms with Gasteiger partial charge in [-0.15, -0.1) is 0 Å². The van der Waals surface area contributed by atoms with Crippen molar-refractivity contribution in [3.8, 4) is 0 Å². The minimum atomic E-state index is -2.33. The summed E-state index contributed by atoms with van der Waals surface area (Å²) < 4.78 is 24.8. The van der Waals surface area contributed by atoms with Gasteiger partial charge in [-0.2, -0.15) is 0 Å². The van der Waals surface area contributed by atoms with Crippen molar-refractivity contribution in [1.82, 2.24) is 0 Å². The third-order valence-corrected chi connectivity index (χ3v) is 4.54. The molecule has 0 saturated heterocycles. The van der Waals surface area contributed by atoms with E-state index in [4.69, 9.17) is 0 Å². The molecule has 0 aliphatic heterocycles. The van der Waals surface area contributed by atoms with Gasteiger partial charge >= 0.3 is 51.4 Å². The van der Waals surface area contributed by atoms with Gasteiger partial charge in [0.15, 0.2) is 0 Å². The van der Waals surface area contributed by atoms with Crippen LogP contribution in [0.4, 0.5) is 0 Å². The van der Waals surface area contributed by atoms with Gasteiger partial charge in [0.1, 0.15) is 0 Å². The van der Waals surface area contributed by atoms with Gasteiger partial charge in [0.05, 0.1) is 18.0 Å². The molecule has 0 spiro atoms. The van der Waals surface area contributed by atoms with Gasteiger partial charge in [0.25, 0.3) is 0 Å². The van der Waals surface area contributed by atoms with E-state index in [0.717, 1.165) is 12.8 Å². The van der Waals surface area contributed by atoms with E-state index in [9.17, 15) is 8.76 Å². The second kappa shape index (κ2) is 23.7. The monoisotopic (exact) mass is 372 g/mol. The zero-order valence-electron chi connectivity index (χ0n) is 15.7. The molecule has 0 aliphatic rings. The van der Waals surface area contributed by atoms with Crippen molar-refractivity contribution in [1.29, 1.82) is 0 Å². The molecule has 0 aromatic rings. The zero-order chi connectivity index (χ0) is 16.3. The van der Waals surface area contributed by atoms with Crippen LogP contribution in [0, 0.1) is 0 Å². The van der Waals surface area contributed by atoms with Crippen LogP contribution in [0.15, 0.2) is 0 Å². The molecule has 23 heavy (non-hydrogen) atoms. The molecule has 0 bridgehead atoms. The van der Waals surface area contributed by atoms with E-state index in [0.29, 0.717) is 6.61 Å². The van der Waals surface area contributed by atoms with Crippen molar-refractivity contribution < 1.29 is 64.3 Å². The summed E-state index contributed by atoms with van der Waals surface area (Å²) >= 11 is -2.33. The first-order valence-electron chi connectivity index (χ1n) is 9.50. The second-order valence-electron chi connectivity index (χ2n) is 6.33. The van der Waals surface area contributed by atoms with Gasteiger partial charge in [-0.1, -0.05) is 103 Å². The first-order chi connectivity index (χ1) is 10.8. The van der Waals surface area contributed by atoms with Gasteiger partial charge in [-0.3, -0.25) is 0 Å². The van der Waals surface area contributed by atoms with Gasteiger partial charge < -0.3 is 8.74 Å². The fourth-order valence-electron chi connectivity index (χ4n) is 2.78. The maximum absolute atomic E-state index is 10.1. The maximum Gasteiger partial charge on any atom is 1.00 e. The van der Waals surface area contributed by atoms with E-state index in [1.807, 2.05) is 0 Å². The van der Waals surface area contributed by atoms with Gasteiger partial charge in [-0.05, 0) is 6.42 Å². The van der Waals surface area contributed by atoms with Crippen LogP contribution < -0.4 is 51.4 Å². The molecule has 0 aromatic carbocycles. The number of hydrogen-bond acceptors (Lipinski definition) is 3. The Kier molecular flexibility index (Phi) is 27.8. The van der Waals surface area contributed by atoms with Crippen molar-refractivity contribution in [2.45, 2.75) is 110 Å². The van der Waals surface area contributed by atoms with Gasteiger partial charge in [0.2, 0.25) is 0 Å². The Morgan fingerprint density at radius 1 is 0.652 bits per heavy atom. The van der Waals surface area contributed by atoms with E-state index in [1.54, 1.807) is 0 Å². The molecule has 0 aromatic heterocycles. The molecular weight excluding hydrogens is 335 g/mol. The molecule has 0 saturated carbocycles. The van der Waals surface area contributed by atoms with Crippen LogP contribution in [0.3, 0.4) is 0 Å². The van der Waals surface area contributed by atoms with E-state index >= 15 is 0 Å². The van der Waals surface area contributed by atoms with Crippen LogP contribution in [0.1, 0.15) is 110 Å². The Bertz CT molecular complexity index is 240. The van der Waals surface area contributed by atoms with E-state index in [2.05, 4.69) is 11.1 Å². The molecule has 0 radical (unpaired) electrons. The van der Waals surface area contributed by atoms with Crippen LogP contribution in [0.2, 0.25) is 0 Å². The molecule has 1 unspecified atom stereocenters. The molecule has 0 aliphatic carbocycles. The quantitative estimate of drug-likeness (QED) is 0.211. The van der Waals surface area contributed by atoms with Gasteiger partial charge in [-0.25, -0.2) is 4.21 Å². The van der Waals surface area contributed by atoms with Crippen molar-refractivity contribution in [3.63, 3.8) is 0 Å². The van der Waals surface area contributed by atoms with Crippen LogP contribution in [-0.4, -0.2) is 15.4 Å². The number of unbranched alkanes of at least 4 members (excludes halogenated alkanes) is 15. The third kappa shape index (κ3) is 26.1. The van der Waals surface area contributed by atoms with Crippen LogP contribution in [0.5, 0.6) is 0 Å². The predicted octanol–water partition coefficient (Wildman–Crippen LogP) is 3.06. The first-order valence-corrected chi connectivity index (χ1v) is 10.5. The molecule has 5 heteroatoms. The molecule has 3 nitrogen and oxygen atoms in total. The smallest absolute Gasteiger partial charge is 0.750 e. The molecule has 0 amide bonds. The summed E-state index contributed by atoms with van der Waals surface area (Å²) in [5.74, 6) is 0. The average molecular weight is 373 g/mol.